The molecule has 2 aromatic heterocycles. The Morgan fingerprint density at radius 2 is 2.00 bits per heavy atom. The maximum Gasteiger partial charge on any atom is 0.248 e. The standard InChI is InChI=1S/C10H6Cl2N2O/c11-6-4-8(13-9(12)5-6)7-2-1-3-10(15)14-7/h1-5H,(H,14,15). The van der Waals surface area contributed by atoms with Crippen LogP contribution < -0.4 is 5.56 Å². The molecule has 2 rings (SSSR count). The number of pyridine rings is 2. The van der Waals surface area contributed by atoms with Crippen LogP contribution in [0.15, 0.2) is 35.1 Å². The van der Waals surface area contributed by atoms with E-state index >= 15 is 0 Å². The number of rotatable bonds is 1. The minimum Gasteiger partial charge on any atom is -0.321 e. The van der Waals surface area contributed by atoms with Gasteiger partial charge in [-0.05, 0) is 18.2 Å². The highest BCUT2D eigenvalue weighted by molar-refractivity contribution is 6.34. The van der Waals surface area contributed by atoms with E-state index in [1.807, 2.05) is 0 Å². The highest BCUT2D eigenvalue weighted by atomic mass is 35.5. The zero-order valence-electron chi connectivity index (χ0n) is 7.50. The molecule has 0 spiro atoms. The van der Waals surface area contributed by atoms with Gasteiger partial charge >= 0.3 is 0 Å². The lowest BCUT2D eigenvalue weighted by Crippen LogP contribution is -2.04. The number of halogens is 2. The van der Waals surface area contributed by atoms with E-state index < -0.39 is 0 Å². The Bertz CT molecular complexity index is 531. The van der Waals surface area contributed by atoms with E-state index in [0.29, 0.717) is 21.6 Å². The molecule has 76 valence electrons. The molecule has 15 heavy (non-hydrogen) atoms. The zero-order chi connectivity index (χ0) is 10.8. The van der Waals surface area contributed by atoms with Crippen LogP contribution in [-0.2, 0) is 0 Å². The topological polar surface area (TPSA) is 45.8 Å². The van der Waals surface area contributed by atoms with E-state index in [4.69, 9.17) is 23.2 Å². The summed E-state index contributed by atoms with van der Waals surface area (Å²) in [5.41, 5.74) is 0.947. The fourth-order valence-electron chi connectivity index (χ4n) is 1.20. The van der Waals surface area contributed by atoms with E-state index in [-0.39, 0.29) is 5.56 Å². The molecule has 0 saturated carbocycles. The van der Waals surface area contributed by atoms with Crippen LogP contribution in [0.4, 0.5) is 0 Å². The Hall–Kier alpha value is -1.32. The van der Waals surface area contributed by atoms with Gasteiger partial charge in [0.1, 0.15) is 5.15 Å². The third kappa shape index (κ3) is 2.37. The van der Waals surface area contributed by atoms with Crippen molar-refractivity contribution in [3.05, 3.63) is 50.9 Å². The molecular weight excluding hydrogens is 235 g/mol. The molecule has 2 heterocycles. The molecule has 5 heteroatoms. The second-order valence-electron chi connectivity index (χ2n) is 2.92. The van der Waals surface area contributed by atoms with Crippen LogP contribution in [0.3, 0.4) is 0 Å². The van der Waals surface area contributed by atoms with Crippen LogP contribution in [-0.4, -0.2) is 9.97 Å². The molecular formula is C10H6Cl2N2O. The van der Waals surface area contributed by atoms with Gasteiger partial charge in [-0.1, -0.05) is 29.3 Å². The molecule has 0 amide bonds. The van der Waals surface area contributed by atoms with Crippen molar-refractivity contribution in [1.29, 1.82) is 0 Å². The summed E-state index contributed by atoms with van der Waals surface area (Å²) in [6, 6.07) is 7.98. The van der Waals surface area contributed by atoms with E-state index in [9.17, 15) is 4.79 Å². The van der Waals surface area contributed by atoms with Gasteiger partial charge in [0.05, 0.1) is 11.4 Å². The second-order valence-corrected chi connectivity index (χ2v) is 3.75. The minimum atomic E-state index is -0.189. The molecule has 0 aromatic carbocycles. The lowest BCUT2D eigenvalue weighted by atomic mass is 10.2. The fraction of sp³-hybridized carbons (Fsp3) is 0. The van der Waals surface area contributed by atoms with Gasteiger partial charge in [0.15, 0.2) is 0 Å². The molecule has 0 saturated heterocycles. The first kappa shape index (κ1) is 10.2. The summed E-state index contributed by atoms with van der Waals surface area (Å²) >= 11 is 11.6. The third-order valence-corrected chi connectivity index (χ3v) is 2.22. The zero-order valence-corrected chi connectivity index (χ0v) is 9.01. The SMILES string of the molecule is O=c1cccc(-c2cc(Cl)cc(Cl)n2)[nH]1. The Morgan fingerprint density at radius 1 is 1.20 bits per heavy atom. The Morgan fingerprint density at radius 3 is 2.67 bits per heavy atom. The number of nitrogens with zero attached hydrogens (tertiary/aromatic N) is 1. The van der Waals surface area contributed by atoms with Crippen molar-refractivity contribution in [3.63, 3.8) is 0 Å². The Kier molecular flexibility index (Phi) is 2.75. The smallest absolute Gasteiger partial charge is 0.248 e. The molecule has 2 aromatic rings. The number of nitrogens with one attached hydrogen (secondary N) is 1. The van der Waals surface area contributed by atoms with Crippen LogP contribution in [0, 0.1) is 0 Å². The van der Waals surface area contributed by atoms with E-state index in [1.165, 1.54) is 12.1 Å². The van der Waals surface area contributed by atoms with Gasteiger partial charge in [0.25, 0.3) is 0 Å². The number of aromatic nitrogens is 2. The number of aromatic amines is 1. The van der Waals surface area contributed by atoms with Gasteiger partial charge in [-0.3, -0.25) is 4.79 Å². The lowest BCUT2D eigenvalue weighted by Gasteiger charge is -2.01. The van der Waals surface area contributed by atoms with Crippen molar-refractivity contribution in [2.45, 2.75) is 0 Å². The average molecular weight is 241 g/mol. The first-order valence-electron chi connectivity index (χ1n) is 4.18. The predicted molar refractivity (Wildman–Crippen MR) is 60.3 cm³/mol. The summed E-state index contributed by atoms with van der Waals surface area (Å²) in [5, 5.41) is 0.775. The molecule has 0 atom stereocenters. The molecule has 0 aliphatic heterocycles. The van der Waals surface area contributed by atoms with Crippen molar-refractivity contribution in [3.8, 4) is 11.4 Å². The van der Waals surface area contributed by atoms with Crippen molar-refractivity contribution in [2.24, 2.45) is 0 Å². The van der Waals surface area contributed by atoms with E-state index in [0.717, 1.165) is 0 Å². The molecule has 0 aliphatic rings. The third-order valence-electron chi connectivity index (χ3n) is 1.80. The van der Waals surface area contributed by atoms with Crippen molar-refractivity contribution < 1.29 is 0 Å². The van der Waals surface area contributed by atoms with Crippen LogP contribution in [0.2, 0.25) is 10.2 Å². The van der Waals surface area contributed by atoms with Gasteiger partial charge in [-0.25, -0.2) is 4.98 Å². The highest BCUT2D eigenvalue weighted by Crippen LogP contribution is 2.21. The number of H-pyrrole nitrogens is 1. The molecule has 0 radical (unpaired) electrons. The summed E-state index contributed by atoms with van der Waals surface area (Å²) < 4.78 is 0. The number of hydrogen-bond acceptors (Lipinski definition) is 2. The predicted octanol–water partition coefficient (Wildman–Crippen LogP) is 2.74. The second kappa shape index (κ2) is 4.04. The maximum atomic E-state index is 11.1. The van der Waals surface area contributed by atoms with E-state index in [2.05, 4.69) is 9.97 Å². The van der Waals surface area contributed by atoms with Gasteiger partial charge in [0.2, 0.25) is 5.56 Å². The van der Waals surface area contributed by atoms with Gasteiger partial charge < -0.3 is 4.98 Å². The first-order valence-corrected chi connectivity index (χ1v) is 4.93. The van der Waals surface area contributed by atoms with Gasteiger partial charge in [0, 0.05) is 11.1 Å². The molecule has 3 nitrogen and oxygen atoms in total. The highest BCUT2D eigenvalue weighted by Gasteiger charge is 2.03. The lowest BCUT2D eigenvalue weighted by molar-refractivity contribution is 1.20. The van der Waals surface area contributed by atoms with Crippen LogP contribution in [0.5, 0.6) is 0 Å². The van der Waals surface area contributed by atoms with Crippen molar-refractivity contribution in [1.82, 2.24) is 9.97 Å². The van der Waals surface area contributed by atoms with Crippen LogP contribution >= 0.6 is 23.2 Å². The molecule has 0 bridgehead atoms. The Balaban J connectivity index is 2.58. The largest absolute Gasteiger partial charge is 0.321 e. The number of hydrogen-bond donors (Lipinski definition) is 1. The molecule has 1 N–H and O–H groups in total. The first-order chi connectivity index (χ1) is 7.15. The summed E-state index contributed by atoms with van der Waals surface area (Å²) in [6.07, 6.45) is 0. The van der Waals surface area contributed by atoms with Crippen LogP contribution in [0.25, 0.3) is 11.4 Å². The summed E-state index contributed by atoms with van der Waals surface area (Å²) in [4.78, 5) is 17.8. The summed E-state index contributed by atoms with van der Waals surface area (Å²) in [7, 11) is 0. The summed E-state index contributed by atoms with van der Waals surface area (Å²) in [5.74, 6) is 0. The minimum absolute atomic E-state index is 0.189. The normalized spacial score (nSPS) is 10.3. The Labute approximate surface area is 95.7 Å². The van der Waals surface area contributed by atoms with Crippen LogP contribution in [0.1, 0.15) is 0 Å². The maximum absolute atomic E-state index is 11.1. The van der Waals surface area contributed by atoms with Crippen molar-refractivity contribution in [2.75, 3.05) is 0 Å². The van der Waals surface area contributed by atoms with E-state index in [1.54, 1.807) is 18.2 Å². The quantitative estimate of drug-likeness (QED) is 0.780. The average Bonchev–Trinajstić information content (AvgIpc) is 2.16. The summed E-state index contributed by atoms with van der Waals surface area (Å²) in [6.45, 7) is 0. The van der Waals surface area contributed by atoms with Gasteiger partial charge in [-0.15, -0.1) is 0 Å². The monoisotopic (exact) mass is 240 g/mol. The fourth-order valence-corrected chi connectivity index (χ4v) is 1.67. The van der Waals surface area contributed by atoms with Crippen molar-refractivity contribution >= 4 is 23.2 Å². The van der Waals surface area contributed by atoms with Gasteiger partial charge in [-0.2, -0.15) is 0 Å². The molecule has 0 aliphatic carbocycles. The molecule has 0 fully saturated rings. The molecule has 0 unspecified atom stereocenters.